The number of fused-ring (bicyclic) bond motifs is 1. The van der Waals surface area contributed by atoms with Gasteiger partial charge in [0.25, 0.3) is 5.88 Å². The zero-order valence-electron chi connectivity index (χ0n) is 16.4. The van der Waals surface area contributed by atoms with Crippen LogP contribution in [-0.2, 0) is 6.61 Å². The molecule has 6 heteroatoms. The third kappa shape index (κ3) is 2.88. The Morgan fingerprint density at radius 1 is 1.29 bits per heavy atom. The van der Waals surface area contributed by atoms with E-state index >= 15 is 0 Å². The third-order valence-electron chi connectivity index (χ3n) is 6.38. The van der Waals surface area contributed by atoms with Crippen LogP contribution in [0.3, 0.4) is 0 Å². The number of carbonyl (C=O) groups excluding carboxylic acids is 1. The molecule has 3 aliphatic carbocycles. The van der Waals surface area contributed by atoms with Crippen LogP contribution in [0, 0.1) is 17.8 Å². The Balaban J connectivity index is 1.77. The normalized spacial score (nSPS) is 31.4. The maximum Gasteiger partial charge on any atom is 0.265 e. The van der Waals surface area contributed by atoms with E-state index in [4.69, 9.17) is 9.26 Å². The number of ketones is 1. The molecule has 1 aromatic carbocycles. The Labute approximate surface area is 164 Å². The van der Waals surface area contributed by atoms with Crippen LogP contribution < -0.4 is 10.1 Å². The summed E-state index contributed by atoms with van der Waals surface area (Å²) in [6.07, 6.45) is 3.62. The van der Waals surface area contributed by atoms with Gasteiger partial charge in [-0.15, -0.1) is 0 Å². The van der Waals surface area contributed by atoms with Crippen LogP contribution in [0.25, 0.3) is 0 Å². The molecule has 5 rings (SSSR count). The van der Waals surface area contributed by atoms with Gasteiger partial charge in [-0.05, 0) is 41.6 Å². The van der Waals surface area contributed by atoms with Gasteiger partial charge in [-0.1, -0.05) is 50.3 Å². The first-order chi connectivity index (χ1) is 13.5. The highest BCUT2D eigenvalue weighted by atomic mass is 16.5. The largest absolute Gasteiger partial charge is 0.470 e. The number of allylic oxidation sites excluding steroid dienone is 1. The number of nitrogens with one attached hydrogen (secondary N) is 1. The standard InChI is InChI=1S/C22H26N2O4/c1-13-14(2)22(26)10-9-16(13)17(11-23-3)19-18(20(22)25)21(24-28-19)27-12-15-7-5-4-6-8-15/h4-10,13-14,16-17,23,26H,11-12H2,1-3H3/t13-,14+,16-,17-,22-/m0/s1. The molecule has 5 atom stereocenters. The highest BCUT2D eigenvalue weighted by Crippen LogP contribution is 2.49. The van der Waals surface area contributed by atoms with Crippen LogP contribution in [0.5, 0.6) is 5.88 Å². The first-order valence-electron chi connectivity index (χ1n) is 9.74. The maximum atomic E-state index is 13.5. The van der Waals surface area contributed by atoms with Crippen LogP contribution in [0.1, 0.15) is 41.4 Å². The van der Waals surface area contributed by atoms with Crippen molar-refractivity contribution in [1.29, 1.82) is 0 Å². The molecule has 0 fully saturated rings. The first-order valence-corrected chi connectivity index (χ1v) is 9.74. The SMILES string of the molecule is CNC[C@@H]1c2onc(OCc3ccccc3)c2C(=O)[C@]2(O)C=C[C@H]1[C@@H](C)[C@H]2C. The minimum Gasteiger partial charge on any atom is -0.470 e. The number of nitrogens with zero attached hydrogens (tertiary/aromatic N) is 1. The van der Waals surface area contributed by atoms with Gasteiger partial charge in [0.05, 0.1) is 0 Å². The number of Topliss-reactive ketones (excluding diaryl/α,β-unsaturated/α-hetero) is 1. The summed E-state index contributed by atoms with van der Waals surface area (Å²) in [5.41, 5.74) is -0.343. The van der Waals surface area contributed by atoms with Crippen LogP contribution in [0.15, 0.2) is 47.0 Å². The monoisotopic (exact) mass is 382 g/mol. The molecule has 0 aliphatic heterocycles. The lowest BCUT2D eigenvalue weighted by atomic mass is 9.61. The van der Waals surface area contributed by atoms with Gasteiger partial charge in [-0.3, -0.25) is 4.79 Å². The molecule has 0 saturated carbocycles. The van der Waals surface area contributed by atoms with E-state index in [1.165, 1.54) is 0 Å². The van der Waals surface area contributed by atoms with Crippen molar-refractivity contribution in [2.45, 2.75) is 32.0 Å². The fourth-order valence-electron chi connectivity index (χ4n) is 4.50. The summed E-state index contributed by atoms with van der Waals surface area (Å²) in [4.78, 5) is 13.5. The number of likely N-dealkylation sites (N-methyl/N-ethyl adjacent to an activating group) is 1. The summed E-state index contributed by atoms with van der Waals surface area (Å²) in [6, 6.07) is 9.67. The molecule has 0 radical (unpaired) electrons. The first kappa shape index (κ1) is 18.9. The molecule has 0 spiro atoms. The molecule has 0 saturated heterocycles. The molecule has 2 N–H and O–H groups in total. The van der Waals surface area contributed by atoms with Gasteiger partial charge in [0, 0.05) is 12.5 Å². The van der Waals surface area contributed by atoms with E-state index in [-0.39, 0.29) is 41.7 Å². The molecule has 28 heavy (non-hydrogen) atoms. The Hall–Kier alpha value is -2.44. The zero-order valence-corrected chi connectivity index (χ0v) is 16.4. The van der Waals surface area contributed by atoms with Gasteiger partial charge < -0.3 is 19.7 Å². The zero-order chi connectivity index (χ0) is 19.9. The summed E-state index contributed by atoms with van der Waals surface area (Å²) in [5.74, 6) is 0.201. The molecule has 1 aromatic heterocycles. The van der Waals surface area contributed by atoms with Crippen LogP contribution in [-0.4, -0.2) is 35.2 Å². The fraction of sp³-hybridized carbons (Fsp3) is 0.455. The Morgan fingerprint density at radius 2 is 2.04 bits per heavy atom. The minimum absolute atomic E-state index is 0.0657. The summed E-state index contributed by atoms with van der Waals surface area (Å²) in [5, 5.41) is 18.5. The predicted octanol–water partition coefficient (Wildman–Crippen LogP) is 2.94. The van der Waals surface area contributed by atoms with Crippen LogP contribution in [0.2, 0.25) is 0 Å². The third-order valence-corrected chi connectivity index (χ3v) is 6.38. The molecular weight excluding hydrogens is 356 g/mol. The number of aromatic nitrogens is 1. The summed E-state index contributed by atoms with van der Waals surface area (Å²) < 4.78 is 11.5. The Bertz CT molecular complexity index is 891. The van der Waals surface area contributed by atoms with Crippen molar-refractivity contribution in [2.75, 3.05) is 13.6 Å². The van der Waals surface area contributed by atoms with Gasteiger partial charge in [0.1, 0.15) is 17.8 Å². The minimum atomic E-state index is -1.58. The topological polar surface area (TPSA) is 84.6 Å². The van der Waals surface area contributed by atoms with E-state index in [0.29, 0.717) is 12.3 Å². The number of aliphatic hydroxyl groups is 1. The number of benzene rings is 1. The van der Waals surface area contributed by atoms with Crippen molar-refractivity contribution in [1.82, 2.24) is 10.5 Å². The van der Waals surface area contributed by atoms with Crippen LogP contribution in [0.4, 0.5) is 0 Å². The van der Waals surface area contributed by atoms with Crippen LogP contribution >= 0.6 is 0 Å². The number of rotatable bonds is 5. The summed E-state index contributed by atoms with van der Waals surface area (Å²) >= 11 is 0. The maximum absolute atomic E-state index is 13.5. The van der Waals surface area contributed by atoms with Crippen molar-refractivity contribution in [3.05, 3.63) is 59.4 Å². The van der Waals surface area contributed by atoms with Gasteiger partial charge in [0.15, 0.2) is 5.76 Å². The average molecular weight is 382 g/mol. The van der Waals surface area contributed by atoms with Crippen molar-refractivity contribution in [3.8, 4) is 5.88 Å². The average Bonchev–Trinajstić information content (AvgIpc) is 3.12. The lowest BCUT2D eigenvalue weighted by Crippen LogP contribution is -2.52. The highest BCUT2D eigenvalue weighted by Gasteiger charge is 2.53. The van der Waals surface area contributed by atoms with E-state index in [2.05, 4.69) is 17.4 Å². The van der Waals surface area contributed by atoms with E-state index in [1.807, 2.05) is 50.4 Å². The fourth-order valence-corrected chi connectivity index (χ4v) is 4.50. The molecule has 1 heterocycles. The molecule has 6 nitrogen and oxygen atoms in total. The molecule has 2 aromatic rings. The molecule has 0 unspecified atom stereocenters. The molecular formula is C22H26N2O4. The summed E-state index contributed by atoms with van der Waals surface area (Å²) in [7, 11) is 1.88. The number of carbonyl (C=O) groups is 1. The molecule has 148 valence electrons. The Morgan fingerprint density at radius 3 is 2.75 bits per heavy atom. The summed E-state index contributed by atoms with van der Waals surface area (Å²) in [6.45, 7) is 4.91. The second-order valence-electron chi connectivity index (χ2n) is 7.90. The van der Waals surface area contributed by atoms with Crippen molar-refractivity contribution < 1.29 is 19.2 Å². The van der Waals surface area contributed by atoms with E-state index in [9.17, 15) is 9.90 Å². The van der Waals surface area contributed by atoms with Gasteiger partial charge >= 0.3 is 0 Å². The lowest BCUT2D eigenvalue weighted by Gasteiger charge is -2.44. The predicted molar refractivity (Wildman–Crippen MR) is 104 cm³/mol. The smallest absolute Gasteiger partial charge is 0.265 e. The number of hydrogen-bond acceptors (Lipinski definition) is 6. The lowest BCUT2D eigenvalue weighted by molar-refractivity contribution is -0.00258. The number of ether oxygens (including phenoxy) is 1. The molecule has 3 aliphatic rings. The second-order valence-corrected chi connectivity index (χ2v) is 7.90. The van der Waals surface area contributed by atoms with Gasteiger partial charge in [0.2, 0.25) is 5.78 Å². The van der Waals surface area contributed by atoms with Crippen molar-refractivity contribution in [2.24, 2.45) is 17.8 Å². The Kier molecular flexibility index (Phi) is 4.85. The van der Waals surface area contributed by atoms with E-state index < -0.39 is 11.4 Å². The van der Waals surface area contributed by atoms with E-state index in [1.54, 1.807) is 6.08 Å². The van der Waals surface area contributed by atoms with Gasteiger partial charge in [-0.2, -0.15) is 0 Å². The van der Waals surface area contributed by atoms with Crippen molar-refractivity contribution >= 4 is 5.78 Å². The quantitative estimate of drug-likeness (QED) is 0.774. The highest BCUT2D eigenvalue weighted by molar-refractivity contribution is 6.07. The van der Waals surface area contributed by atoms with Gasteiger partial charge in [-0.25, -0.2) is 0 Å². The second kappa shape index (κ2) is 7.18. The van der Waals surface area contributed by atoms with E-state index in [0.717, 1.165) is 5.56 Å². The molecule has 2 bridgehead atoms. The number of hydrogen-bond donors (Lipinski definition) is 2. The van der Waals surface area contributed by atoms with Crippen molar-refractivity contribution in [3.63, 3.8) is 0 Å². The molecule has 0 amide bonds.